The molecule has 122 valence electrons. The van der Waals surface area contributed by atoms with E-state index in [9.17, 15) is 21.6 Å². The Morgan fingerprint density at radius 2 is 1.82 bits per heavy atom. The molecule has 22 heavy (non-hydrogen) atoms. The minimum absolute atomic E-state index is 0.126. The normalized spacial score (nSPS) is 24.4. The zero-order valence-electron chi connectivity index (χ0n) is 11.9. The van der Waals surface area contributed by atoms with Crippen molar-refractivity contribution in [1.29, 1.82) is 0 Å². The first-order valence-corrected chi connectivity index (χ1v) is 8.64. The van der Waals surface area contributed by atoms with Crippen LogP contribution in [-0.2, 0) is 16.2 Å². The Morgan fingerprint density at radius 3 is 2.55 bits per heavy atom. The molecule has 0 aromatic heterocycles. The van der Waals surface area contributed by atoms with E-state index in [0.717, 1.165) is 31.5 Å². The monoisotopic (exact) mass is 334 g/mol. The Bertz CT molecular complexity index is 660. The van der Waals surface area contributed by atoms with Crippen molar-refractivity contribution in [2.24, 2.45) is 0 Å². The van der Waals surface area contributed by atoms with Crippen LogP contribution in [0, 0.1) is 0 Å². The molecule has 1 aromatic rings. The molecule has 2 heterocycles. The van der Waals surface area contributed by atoms with Gasteiger partial charge in [-0.1, -0.05) is 12.1 Å². The van der Waals surface area contributed by atoms with Gasteiger partial charge in [0.25, 0.3) is 0 Å². The Balaban J connectivity index is 1.94. The van der Waals surface area contributed by atoms with Crippen LogP contribution < -0.4 is 0 Å². The number of hydrogen-bond acceptors (Lipinski definition) is 3. The highest BCUT2D eigenvalue weighted by atomic mass is 32.2. The summed E-state index contributed by atoms with van der Waals surface area (Å²) in [6.45, 7) is 2.04. The topological polar surface area (TPSA) is 40.6 Å². The van der Waals surface area contributed by atoms with E-state index < -0.39 is 26.7 Å². The Morgan fingerprint density at radius 1 is 1.09 bits per heavy atom. The van der Waals surface area contributed by atoms with Crippen molar-refractivity contribution >= 4 is 10.0 Å². The molecule has 0 amide bonds. The summed E-state index contributed by atoms with van der Waals surface area (Å²) in [7, 11) is -4.13. The van der Waals surface area contributed by atoms with Crippen molar-refractivity contribution in [2.45, 2.75) is 30.0 Å². The molecule has 8 heteroatoms. The van der Waals surface area contributed by atoms with Crippen LogP contribution in [0.2, 0.25) is 0 Å². The molecule has 0 bridgehead atoms. The molecule has 1 atom stereocenters. The predicted octanol–water partition coefficient (Wildman–Crippen LogP) is 2.17. The van der Waals surface area contributed by atoms with Gasteiger partial charge in [0, 0.05) is 25.7 Å². The van der Waals surface area contributed by atoms with Crippen molar-refractivity contribution in [2.75, 3.05) is 26.2 Å². The van der Waals surface area contributed by atoms with Crippen LogP contribution in [0.3, 0.4) is 0 Å². The fourth-order valence-electron chi connectivity index (χ4n) is 3.25. The molecule has 0 spiro atoms. The smallest absolute Gasteiger partial charge is 0.298 e. The first kappa shape index (κ1) is 15.8. The van der Waals surface area contributed by atoms with Gasteiger partial charge in [0.1, 0.15) is 0 Å². The quantitative estimate of drug-likeness (QED) is 0.832. The van der Waals surface area contributed by atoms with Crippen molar-refractivity contribution in [3.05, 3.63) is 29.8 Å². The summed E-state index contributed by atoms with van der Waals surface area (Å²) < 4.78 is 65.7. The average molecular weight is 334 g/mol. The van der Waals surface area contributed by atoms with Gasteiger partial charge in [0.05, 0.1) is 10.5 Å². The highest BCUT2D eigenvalue weighted by Crippen LogP contribution is 2.36. The maximum atomic E-state index is 13.1. The van der Waals surface area contributed by atoms with Gasteiger partial charge in [-0.2, -0.15) is 17.5 Å². The third kappa shape index (κ3) is 2.75. The summed E-state index contributed by atoms with van der Waals surface area (Å²) in [5.74, 6) is 0. The lowest BCUT2D eigenvalue weighted by Crippen LogP contribution is -2.52. The third-order valence-electron chi connectivity index (χ3n) is 4.36. The lowest BCUT2D eigenvalue weighted by atomic mass is 10.2. The molecule has 3 rings (SSSR count). The van der Waals surface area contributed by atoms with Gasteiger partial charge in [0.15, 0.2) is 0 Å². The third-order valence-corrected chi connectivity index (χ3v) is 6.28. The fourth-order valence-corrected chi connectivity index (χ4v) is 4.93. The SMILES string of the molecule is O=S(=O)(c1ccccc1C(F)(F)F)N1CCN2CCCC2C1. The number of halogens is 3. The summed E-state index contributed by atoms with van der Waals surface area (Å²) in [4.78, 5) is 1.57. The molecule has 1 unspecified atom stereocenters. The fraction of sp³-hybridized carbons (Fsp3) is 0.571. The van der Waals surface area contributed by atoms with E-state index in [2.05, 4.69) is 4.90 Å². The van der Waals surface area contributed by atoms with E-state index in [-0.39, 0.29) is 19.1 Å². The average Bonchev–Trinajstić information content (AvgIpc) is 2.93. The highest BCUT2D eigenvalue weighted by molar-refractivity contribution is 7.89. The zero-order valence-corrected chi connectivity index (χ0v) is 12.7. The highest BCUT2D eigenvalue weighted by Gasteiger charge is 2.41. The first-order valence-electron chi connectivity index (χ1n) is 7.20. The minimum atomic E-state index is -4.68. The van der Waals surface area contributed by atoms with Gasteiger partial charge < -0.3 is 0 Å². The number of rotatable bonds is 2. The lowest BCUT2D eigenvalue weighted by molar-refractivity contribution is -0.139. The van der Waals surface area contributed by atoms with E-state index in [1.165, 1.54) is 16.4 Å². The summed E-state index contributed by atoms with van der Waals surface area (Å²) >= 11 is 0. The van der Waals surface area contributed by atoms with E-state index in [1.807, 2.05) is 0 Å². The second-order valence-electron chi connectivity index (χ2n) is 5.69. The summed E-state index contributed by atoms with van der Waals surface area (Å²) in [5.41, 5.74) is -1.09. The zero-order chi connectivity index (χ0) is 16.0. The Kier molecular flexibility index (Phi) is 3.94. The largest absolute Gasteiger partial charge is 0.417 e. The van der Waals surface area contributed by atoms with Crippen LogP contribution >= 0.6 is 0 Å². The maximum Gasteiger partial charge on any atom is 0.417 e. The van der Waals surface area contributed by atoms with Crippen molar-refractivity contribution in [3.63, 3.8) is 0 Å². The van der Waals surface area contributed by atoms with Crippen LogP contribution in [0.4, 0.5) is 13.2 Å². The van der Waals surface area contributed by atoms with Crippen LogP contribution in [0.5, 0.6) is 0 Å². The summed E-state index contributed by atoms with van der Waals surface area (Å²) in [5, 5.41) is 0. The van der Waals surface area contributed by atoms with Crippen molar-refractivity contribution < 1.29 is 21.6 Å². The number of hydrogen-bond donors (Lipinski definition) is 0. The molecule has 2 aliphatic rings. The van der Waals surface area contributed by atoms with Crippen molar-refractivity contribution in [3.8, 4) is 0 Å². The van der Waals surface area contributed by atoms with Gasteiger partial charge in [0.2, 0.25) is 10.0 Å². The Hall–Kier alpha value is -1.12. The minimum Gasteiger partial charge on any atom is -0.298 e. The van der Waals surface area contributed by atoms with E-state index in [0.29, 0.717) is 6.54 Å². The van der Waals surface area contributed by atoms with Gasteiger partial charge >= 0.3 is 6.18 Å². The van der Waals surface area contributed by atoms with E-state index >= 15 is 0 Å². The predicted molar refractivity (Wildman–Crippen MR) is 74.8 cm³/mol. The molecular formula is C14H17F3N2O2S. The summed E-state index contributed by atoms with van der Waals surface area (Å²) in [6.07, 6.45) is -2.77. The van der Waals surface area contributed by atoms with Gasteiger partial charge in [-0.05, 0) is 31.5 Å². The molecule has 0 radical (unpaired) electrons. The van der Waals surface area contributed by atoms with Crippen LogP contribution in [-0.4, -0.2) is 49.8 Å². The number of nitrogens with zero attached hydrogens (tertiary/aromatic N) is 2. The number of alkyl halides is 3. The standard InChI is InChI=1S/C14H17F3N2O2S/c15-14(16,17)12-5-1-2-6-13(12)22(20,21)19-9-8-18-7-3-4-11(18)10-19/h1-2,5-6,11H,3-4,7-10H2. The molecule has 0 saturated carbocycles. The van der Waals surface area contributed by atoms with Crippen LogP contribution in [0.1, 0.15) is 18.4 Å². The molecule has 2 saturated heterocycles. The molecule has 2 fully saturated rings. The maximum absolute atomic E-state index is 13.1. The second-order valence-corrected chi connectivity index (χ2v) is 7.60. The number of fused-ring (bicyclic) bond motifs is 1. The van der Waals surface area contributed by atoms with Gasteiger partial charge in [-0.25, -0.2) is 8.42 Å². The van der Waals surface area contributed by atoms with Gasteiger partial charge in [-0.15, -0.1) is 0 Å². The lowest BCUT2D eigenvalue weighted by Gasteiger charge is -2.36. The molecular weight excluding hydrogens is 317 g/mol. The van der Waals surface area contributed by atoms with Gasteiger partial charge in [-0.3, -0.25) is 4.90 Å². The number of benzene rings is 1. The van der Waals surface area contributed by atoms with E-state index in [1.54, 1.807) is 0 Å². The van der Waals surface area contributed by atoms with Crippen LogP contribution in [0.25, 0.3) is 0 Å². The molecule has 4 nitrogen and oxygen atoms in total. The molecule has 2 aliphatic heterocycles. The molecule has 0 N–H and O–H groups in total. The van der Waals surface area contributed by atoms with Crippen molar-refractivity contribution in [1.82, 2.24) is 9.21 Å². The first-order chi connectivity index (χ1) is 10.3. The molecule has 0 aliphatic carbocycles. The number of piperazine rings is 1. The van der Waals surface area contributed by atoms with E-state index in [4.69, 9.17) is 0 Å². The summed E-state index contributed by atoms with van der Waals surface area (Å²) in [6, 6.07) is 4.52. The number of sulfonamides is 1. The second kappa shape index (κ2) is 5.50. The molecule has 1 aromatic carbocycles. The Labute approximate surface area is 127 Å². The van der Waals surface area contributed by atoms with Crippen LogP contribution in [0.15, 0.2) is 29.2 Å².